The number of nitrogens with zero attached hydrogens (tertiary/aromatic N) is 2. The number of hydrogen-bond acceptors (Lipinski definition) is 4. The lowest BCUT2D eigenvalue weighted by Gasteiger charge is -2.18. The van der Waals surface area contributed by atoms with Crippen molar-refractivity contribution in [2.45, 2.75) is 13.1 Å². The number of nitrogens with one attached hydrogen (secondary N) is 2. The maximum absolute atomic E-state index is 12.0. The summed E-state index contributed by atoms with van der Waals surface area (Å²) >= 11 is 0. The van der Waals surface area contributed by atoms with Gasteiger partial charge in [0.05, 0.1) is 7.11 Å². The van der Waals surface area contributed by atoms with Gasteiger partial charge in [-0.2, -0.15) is 0 Å². The molecule has 25 heavy (non-hydrogen) atoms. The minimum absolute atomic E-state index is 0.205. The van der Waals surface area contributed by atoms with Gasteiger partial charge < -0.3 is 20.3 Å². The van der Waals surface area contributed by atoms with Gasteiger partial charge in [-0.15, -0.1) is 0 Å². The van der Waals surface area contributed by atoms with Crippen molar-refractivity contribution < 1.29 is 9.53 Å². The zero-order valence-electron chi connectivity index (χ0n) is 14.2. The summed E-state index contributed by atoms with van der Waals surface area (Å²) < 4.78 is 5.07. The second kappa shape index (κ2) is 8.19. The van der Waals surface area contributed by atoms with Crippen LogP contribution in [0.4, 0.5) is 10.5 Å². The van der Waals surface area contributed by atoms with E-state index in [2.05, 4.69) is 44.8 Å². The van der Waals surface area contributed by atoms with Crippen LogP contribution in [-0.2, 0) is 13.1 Å². The van der Waals surface area contributed by atoms with Gasteiger partial charge in [-0.05, 0) is 29.3 Å². The first kappa shape index (κ1) is 16.8. The third kappa shape index (κ3) is 4.73. The zero-order valence-corrected chi connectivity index (χ0v) is 14.2. The molecule has 0 fully saturated rings. The minimum Gasteiger partial charge on any atom is -0.481 e. The molecule has 130 valence electrons. The van der Waals surface area contributed by atoms with E-state index in [1.54, 1.807) is 19.4 Å². The lowest BCUT2D eigenvalue weighted by atomic mass is 10.2. The molecular formula is C19H22N4O2. The van der Waals surface area contributed by atoms with Crippen molar-refractivity contribution in [1.82, 2.24) is 15.6 Å². The van der Waals surface area contributed by atoms with Crippen LogP contribution in [0, 0.1) is 0 Å². The van der Waals surface area contributed by atoms with Crippen LogP contribution >= 0.6 is 0 Å². The van der Waals surface area contributed by atoms with Gasteiger partial charge in [0.25, 0.3) is 0 Å². The number of rotatable bonds is 6. The average molecular weight is 338 g/mol. The van der Waals surface area contributed by atoms with Crippen molar-refractivity contribution >= 4 is 11.7 Å². The summed E-state index contributed by atoms with van der Waals surface area (Å²) in [5.41, 5.74) is 3.18. The molecule has 1 aromatic heterocycles. The lowest BCUT2D eigenvalue weighted by Crippen LogP contribution is -2.34. The quantitative estimate of drug-likeness (QED) is 0.794. The number of urea groups is 1. The number of carbonyl (C=O) groups excluding carboxylic acids is 1. The smallest absolute Gasteiger partial charge is 0.315 e. The fourth-order valence-electron chi connectivity index (χ4n) is 2.65. The molecule has 1 aromatic carbocycles. The van der Waals surface area contributed by atoms with Gasteiger partial charge in [0.2, 0.25) is 5.88 Å². The molecule has 0 atom stereocenters. The van der Waals surface area contributed by atoms with E-state index in [0.29, 0.717) is 19.0 Å². The van der Waals surface area contributed by atoms with Gasteiger partial charge in [0.1, 0.15) is 0 Å². The summed E-state index contributed by atoms with van der Waals surface area (Å²) in [6.07, 6.45) is 5.98. The Morgan fingerprint density at radius 3 is 2.56 bits per heavy atom. The van der Waals surface area contributed by atoms with E-state index in [1.165, 1.54) is 5.69 Å². The molecule has 3 rings (SSSR count). The fourth-order valence-corrected chi connectivity index (χ4v) is 2.65. The van der Waals surface area contributed by atoms with Crippen LogP contribution in [-0.4, -0.2) is 31.2 Å². The van der Waals surface area contributed by atoms with Crippen molar-refractivity contribution in [2.75, 3.05) is 25.1 Å². The Balaban J connectivity index is 1.48. The summed E-state index contributed by atoms with van der Waals surface area (Å²) in [5.74, 6) is 0.535. The number of anilines is 1. The molecule has 0 saturated carbocycles. The van der Waals surface area contributed by atoms with Gasteiger partial charge in [-0.1, -0.05) is 24.3 Å². The van der Waals surface area contributed by atoms with E-state index in [-0.39, 0.29) is 6.03 Å². The highest BCUT2D eigenvalue weighted by atomic mass is 16.5. The average Bonchev–Trinajstić information content (AvgIpc) is 3.20. The second-order valence-corrected chi connectivity index (χ2v) is 5.79. The molecule has 6 nitrogen and oxygen atoms in total. The molecule has 0 unspecified atom stereocenters. The van der Waals surface area contributed by atoms with Crippen molar-refractivity contribution in [1.29, 1.82) is 0 Å². The molecule has 2 heterocycles. The van der Waals surface area contributed by atoms with Crippen molar-refractivity contribution in [3.8, 4) is 5.88 Å². The van der Waals surface area contributed by atoms with Crippen LogP contribution in [0.5, 0.6) is 5.88 Å². The number of methoxy groups -OCH3 is 1. The van der Waals surface area contributed by atoms with Crippen molar-refractivity contribution in [3.63, 3.8) is 0 Å². The number of carbonyl (C=O) groups is 1. The maximum atomic E-state index is 12.0. The molecule has 1 aliphatic heterocycles. The molecule has 0 saturated heterocycles. The highest BCUT2D eigenvalue weighted by molar-refractivity contribution is 5.73. The van der Waals surface area contributed by atoms with Crippen LogP contribution in [0.2, 0.25) is 0 Å². The van der Waals surface area contributed by atoms with Crippen LogP contribution in [0.15, 0.2) is 54.7 Å². The third-order valence-corrected chi connectivity index (χ3v) is 4.01. The first-order chi connectivity index (χ1) is 12.2. The van der Waals surface area contributed by atoms with Crippen molar-refractivity contribution in [3.05, 3.63) is 65.9 Å². The number of ether oxygens (including phenoxy) is 1. The first-order valence-corrected chi connectivity index (χ1v) is 8.24. The molecule has 2 N–H and O–H groups in total. The molecule has 1 aliphatic rings. The predicted octanol–water partition coefficient (Wildman–Crippen LogP) is 2.47. The number of aromatic nitrogens is 1. The number of hydrogen-bond donors (Lipinski definition) is 2. The zero-order chi connectivity index (χ0) is 17.5. The minimum atomic E-state index is -0.205. The second-order valence-electron chi connectivity index (χ2n) is 5.79. The molecule has 0 radical (unpaired) electrons. The van der Waals surface area contributed by atoms with Crippen LogP contribution < -0.4 is 20.3 Å². The fraction of sp³-hybridized carbons (Fsp3) is 0.263. The van der Waals surface area contributed by atoms with Gasteiger partial charge in [0.15, 0.2) is 0 Å². The molecule has 6 heteroatoms. The standard InChI is InChI=1S/C19H22N4O2/c1-25-18-12-16(7-8-20-18)14-22-19(24)21-13-15-5-4-6-17(11-15)23-9-2-3-10-23/h2-8,11-12H,9-10,13-14H2,1H3,(H2,21,22,24). The Hall–Kier alpha value is -3.02. The molecule has 0 aliphatic carbocycles. The highest BCUT2D eigenvalue weighted by Crippen LogP contribution is 2.18. The molecular weight excluding hydrogens is 316 g/mol. The Labute approximate surface area is 147 Å². The monoisotopic (exact) mass is 338 g/mol. The van der Waals surface area contributed by atoms with Crippen molar-refractivity contribution in [2.24, 2.45) is 0 Å². The van der Waals surface area contributed by atoms with Crippen LogP contribution in [0.1, 0.15) is 11.1 Å². The topological polar surface area (TPSA) is 66.5 Å². The van der Waals surface area contributed by atoms with E-state index in [1.807, 2.05) is 18.2 Å². The lowest BCUT2D eigenvalue weighted by molar-refractivity contribution is 0.240. The van der Waals surface area contributed by atoms with Gasteiger partial charge in [0, 0.05) is 44.1 Å². The van der Waals surface area contributed by atoms with Gasteiger partial charge >= 0.3 is 6.03 Å². The first-order valence-electron chi connectivity index (χ1n) is 8.24. The summed E-state index contributed by atoms with van der Waals surface area (Å²) in [4.78, 5) is 18.3. The maximum Gasteiger partial charge on any atom is 0.315 e. The van der Waals surface area contributed by atoms with E-state index in [0.717, 1.165) is 24.2 Å². The van der Waals surface area contributed by atoms with E-state index in [9.17, 15) is 4.79 Å². The largest absolute Gasteiger partial charge is 0.481 e. The Kier molecular flexibility index (Phi) is 5.51. The number of pyridine rings is 1. The van der Waals surface area contributed by atoms with Crippen LogP contribution in [0.3, 0.4) is 0 Å². The Morgan fingerprint density at radius 2 is 1.84 bits per heavy atom. The number of amides is 2. The van der Waals surface area contributed by atoms with Gasteiger partial charge in [-0.25, -0.2) is 9.78 Å². The van der Waals surface area contributed by atoms with Gasteiger partial charge in [-0.3, -0.25) is 0 Å². The normalized spacial score (nSPS) is 12.9. The molecule has 2 aromatic rings. The summed E-state index contributed by atoms with van der Waals surface area (Å²) in [7, 11) is 1.57. The highest BCUT2D eigenvalue weighted by Gasteiger charge is 2.08. The van der Waals surface area contributed by atoms with E-state index >= 15 is 0 Å². The predicted molar refractivity (Wildman–Crippen MR) is 97.7 cm³/mol. The molecule has 0 bridgehead atoms. The summed E-state index contributed by atoms with van der Waals surface area (Å²) in [5, 5.41) is 5.72. The Bertz CT molecular complexity index is 753. The van der Waals surface area contributed by atoms with E-state index < -0.39 is 0 Å². The summed E-state index contributed by atoms with van der Waals surface area (Å²) in [6.45, 7) is 2.78. The molecule has 0 spiro atoms. The Morgan fingerprint density at radius 1 is 1.12 bits per heavy atom. The van der Waals surface area contributed by atoms with E-state index in [4.69, 9.17) is 4.74 Å². The summed E-state index contributed by atoms with van der Waals surface area (Å²) in [6, 6.07) is 11.7. The number of benzene rings is 1. The molecule has 2 amide bonds. The van der Waals surface area contributed by atoms with Crippen LogP contribution in [0.25, 0.3) is 0 Å². The SMILES string of the molecule is COc1cc(CNC(=O)NCc2cccc(N3CC=CC3)c2)ccn1. The third-order valence-electron chi connectivity index (χ3n) is 4.01.